The van der Waals surface area contributed by atoms with E-state index in [0.717, 1.165) is 27.6 Å². The predicted molar refractivity (Wildman–Crippen MR) is 111 cm³/mol. The summed E-state index contributed by atoms with van der Waals surface area (Å²) in [5.74, 6) is -0.355. The normalized spacial score (nSPS) is 11.4. The van der Waals surface area contributed by atoms with Crippen LogP contribution in [0.25, 0.3) is 22.9 Å². The van der Waals surface area contributed by atoms with E-state index in [1.54, 1.807) is 30.3 Å². The van der Waals surface area contributed by atoms with E-state index in [-0.39, 0.29) is 5.91 Å². The van der Waals surface area contributed by atoms with E-state index in [2.05, 4.69) is 11.9 Å². The summed E-state index contributed by atoms with van der Waals surface area (Å²) in [5.41, 5.74) is 4.04. The van der Waals surface area contributed by atoms with Gasteiger partial charge in [-0.25, -0.2) is 4.90 Å². The number of amides is 2. The van der Waals surface area contributed by atoms with Crippen LogP contribution in [0.2, 0.25) is 0 Å². The van der Waals surface area contributed by atoms with Crippen LogP contribution >= 0.6 is 0 Å². The van der Waals surface area contributed by atoms with Gasteiger partial charge < -0.3 is 5.32 Å². The van der Waals surface area contributed by atoms with Crippen LogP contribution in [-0.4, -0.2) is 18.9 Å². The number of nitrogens with zero attached hydrogens (tertiary/aromatic N) is 1. The van der Waals surface area contributed by atoms with Gasteiger partial charge >= 0.3 is 0 Å². The molecule has 0 atom stereocenters. The van der Waals surface area contributed by atoms with Crippen molar-refractivity contribution in [1.82, 2.24) is 0 Å². The van der Waals surface area contributed by atoms with Gasteiger partial charge in [-0.1, -0.05) is 48.6 Å². The van der Waals surface area contributed by atoms with Gasteiger partial charge in [-0.2, -0.15) is 0 Å². The number of anilines is 2. The topological polar surface area (TPSA) is 49.4 Å². The second-order valence-electron chi connectivity index (χ2n) is 6.28. The SMILES string of the molecule is C=CCNc1ccc2c3c(ccc(N(C=O)C(=O)c4ccccc4)c13)C=C2. The fourth-order valence-electron chi connectivity index (χ4n) is 3.45. The number of rotatable bonds is 6. The summed E-state index contributed by atoms with van der Waals surface area (Å²) in [4.78, 5) is 26.1. The number of nitrogens with one attached hydrogen (secondary N) is 1. The Kier molecular flexibility index (Phi) is 4.30. The van der Waals surface area contributed by atoms with Crippen molar-refractivity contribution in [2.24, 2.45) is 0 Å². The second-order valence-corrected chi connectivity index (χ2v) is 6.28. The molecule has 1 aliphatic rings. The number of benzene rings is 3. The van der Waals surface area contributed by atoms with Crippen molar-refractivity contribution in [2.45, 2.75) is 0 Å². The third-order valence-electron chi connectivity index (χ3n) is 4.69. The van der Waals surface area contributed by atoms with Crippen LogP contribution in [0.3, 0.4) is 0 Å². The summed E-state index contributed by atoms with van der Waals surface area (Å²) in [6.45, 7) is 4.33. The molecule has 1 N–H and O–H groups in total. The molecule has 0 unspecified atom stereocenters. The first-order valence-electron chi connectivity index (χ1n) is 8.71. The predicted octanol–water partition coefficient (Wildman–Crippen LogP) is 4.72. The minimum absolute atomic E-state index is 0.355. The summed E-state index contributed by atoms with van der Waals surface area (Å²) in [5, 5.41) is 5.21. The number of imide groups is 1. The van der Waals surface area contributed by atoms with E-state index >= 15 is 0 Å². The number of hydrogen-bond acceptors (Lipinski definition) is 3. The summed E-state index contributed by atoms with van der Waals surface area (Å²) in [6.07, 6.45) is 6.44. The lowest BCUT2D eigenvalue weighted by Crippen LogP contribution is -2.29. The molecular formula is C23H18N2O2. The summed E-state index contributed by atoms with van der Waals surface area (Å²) in [6, 6.07) is 16.6. The number of carbonyl (C=O) groups is 2. The Morgan fingerprint density at radius 3 is 2.33 bits per heavy atom. The van der Waals surface area contributed by atoms with E-state index in [4.69, 9.17) is 0 Å². The average molecular weight is 354 g/mol. The zero-order valence-electron chi connectivity index (χ0n) is 14.7. The Bertz CT molecular complexity index is 1070. The van der Waals surface area contributed by atoms with E-state index < -0.39 is 0 Å². The molecule has 3 aromatic carbocycles. The largest absolute Gasteiger partial charge is 0.381 e. The third-order valence-corrected chi connectivity index (χ3v) is 4.69. The van der Waals surface area contributed by atoms with Gasteiger partial charge in [0.1, 0.15) is 0 Å². The lowest BCUT2D eigenvalue weighted by molar-refractivity contribution is -0.106. The Balaban J connectivity index is 1.92. The van der Waals surface area contributed by atoms with Gasteiger partial charge in [-0.3, -0.25) is 9.59 Å². The molecule has 0 saturated heterocycles. The molecule has 0 fully saturated rings. The Hall–Kier alpha value is -3.66. The van der Waals surface area contributed by atoms with E-state index in [9.17, 15) is 9.59 Å². The number of hydrogen-bond donors (Lipinski definition) is 1. The first-order chi connectivity index (χ1) is 13.2. The van der Waals surface area contributed by atoms with Crippen LogP contribution in [0.5, 0.6) is 0 Å². The molecule has 0 radical (unpaired) electrons. The van der Waals surface area contributed by atoms with Gasteiger partial charge in [0, 0.05) is 28.6 Å². The second kappa shape index (κ2) is 6.92. The highest BCUT2D eigenvalue weighted by Gasteiger charge is 2.23. The molecule has 4 heteroatoms. The highest BCUT2D eigenvalue weighted by molar-refractivity contribution is 6.23. The van der Waals surface area contributed by atoms with Crippen molar-refractivity contribution in [3.63, 3.8) is 0 Å². The standard InChI is InChI=1S/C23H18N2O2/c1-2-14-24-19-12-10-16-8-9-17-11-13-20(22(19)21(16)17)25(15-26)23(27)18-6-4-3-5-7-18/h2-13,15,24H,1,14H2. The quantitative estimate of drug-likeness (QED) is 0.402. The molecule has 3 aromatic rings. The zero-order valence-corrected chi connectivity index (χ0v) is 14.7. The van der Waals surface area contributed by atoms with Gasteiger partial charge in [0.05, 0.1) is 5.69 Å². The first kappa shape index (κ1) is 16.8. The maximum Gasteiger partial charge on any atom is 0.264 e. The van der Waals surface area contributed by atoms with E-state index in [1.807, 2.05) is 42.5 Å². The highest BCUT2D eigenvalue weighted by Crippen LogP contribution is 2.41. The molecule has 132 valence electrons. The minimum atomic E-state index is -0.355. The molecule has 0 bridgehead atoms. The summed E-state index contributed by atoms with van der Waals surface area (Å²) >= 11 is 0. The maximum atomic E-state index is 13.0. The van der Waals surface area contributed by atoms with Gasteiger partial charge in [-0.15, -0.1) is 6.58 Å². The fourth-order valence-corrected chi connectivity index (χ4v) is 3.45. The molecule has 4 rings (SSSR count). The van der Waals surface area contributed by atoms with Crippen LogP contribution in [-0.2, 0) is 4.79 Å². The molecular weight excluding hydrogens is 336 g/mol. The molecule has 1 aliphatic carbocycles. The lowest BCUT2D eigenvalue weighted by atomic mass is 9.99. The van der Waals surface area contributed by atoms with Crippen molar-refractivity contribution in [1.29, 1.82) is 0 Å². The van der Waals surface area contributed by atoms with Crippen molar-refractivity contribution in [2.75, 3.05) is 16.8 Å². The molecule has 27 heavy (non-hydrogen) atoms. The van der Waals surface area contributed by atoms with Crippen LogP contribution in [0.15, 0.2) is 67.3 Å². The molecule has 4 nitrogen and oxygen atoms in total. The lowest BCUT2D eigenvalue weighted by Gasteiger charge is -2.21. The Morgan fingerprint density at radius 1 is 0.963 bits per heavy atom. The third kappa shape index (κ3) is 2.81. The van der Waals surface area contributed by atoms with Crippen molar-refractivity contribution in [3.05, 3.63) is 83.9 Å². The Morgan fingerprint density at radius 2 is 1.67 bits per heavy atom. The smallest absolute Gasteiger partial charge is 0.264 e. The molecule has 0 spiro atoms. The van der Waals surface area contributed by atoms with Crippen molar-refractivity contribution in [3.8, 4) is 0 Å². The van der Waals surface area contributed by atoms with Gasteiger partial charge in [-0.05, 0) is 35.4 Å². The summed E-state index contributed by atoms with van der Waals surface area (Å²) in [7, 11) is 0. The van der Waals surface area contributed by atoms with Crippen LogP contribution in [0, 0.1) is 0 Å². The molecule has 0 aliphatic heterocycles. The maximum absolute atomic E-state index is 13.0. The minimum Gasteiger partial charge on any atom is -0.381 e. The van der Waals surface area contributed by atoms with Crippen LogP contribution in [0.1, 0.15) is 21.5 Å². The average Bonchev–Trinajstić information content (AvgIpc) is 3.14. The van der Waals surface area contributed by atoms with Gasteiger partial charge in [0.2, 0.25) is 6.41 Å². The van der Waals surface area contributed by atoms with E-state index in [1.165, 1.54) is 4.90 Å². The zero-order chi connectivity index (χ0) is 18.8. The van der Waals surface area contributed by atoms with Crippen molar-refractivity contribution < 1.29 is 9.59 Å². The monoisotopic (exact) mass is 354 g/mol. The molecule has 0 heterocycles. The van der Waals surface area contributed by atoms with Crippen LogP contribution < -0.4 is 10.2 Å². The summed E-state index contributed by atoms with van der Waals surface area (Å²) < 4.78 is 0. The van der Waals surface area contributed by atoms with Crippen LogP contribution in [0.4, 0.5) is 11.4 Å². The van der Waals surface area contributed by atoms with Crippen molar-refractivity contribution >= 4 is 46.6 Å². The number of carbonyl (C=O) groups excluding carboxylic acids is 2. The Labute approximate surface area is 157 Å². The fraction of sp³-hybridized carbons (Fsp3) is 0.0435. The highest BCUT2D eigenvalue weighted by atomic mass is 16.2. The van der Waals surface area contributed by atoms with E-state index in [0.29, 0.717) is 24.2 Å². The molecule has 0 aromatic heterocycles. The molecule has 2 amide bonds. The first-order valence-corrected chi connectivity index (χ1v) is 8.71. The van der Waals surface area contributed by atoms with Gasteiger partial charge in [0.15, 0.2) is 0 Å². The molecule has 0 saturated carbocycles. The van der Waals surface area contributed by atoms with Gasteiger partial charge in [0.25, 0.3) is 5.91 Å².